The van der Waals surface area contributed by atoms with Crippen molar-refractivity contribution in [1.29, 1.82) is 0 Å². The quantitative estimate of drug-likeness (QED) is 0.506. The van der Waals surface area contributed by atoms with Gasteiger partial charge in [0.25, 0.3) is 0 Å². The number of methoxy groups -OCH3 is 1. The van der Waals surface area contributed by atoms with Crippen molar-refractivity contribution in [3.8, 4) is 5.69 Å². The van der Waals surface area contributed by atoms with E-state index in [0.717, 1.165) is 35.2 Å². The van der Waals surface area contributed by atoms with E-state index in [-0.39, 0.29) is 30.1 Å². The number of nitrogens with zero attached hydrogens (tertiary/aromatic N) is 5. The van der Waals surface area contributed by atoms with Crippen LogP contribution in [0.2, 0.25) is 0 Å². The Morgan fingerprint density at radius 2 is 1.97 bits per heavy atom. The van der Waals surface area contributed by atoms with E-state index >= 15 is 0 Å². The summed E-state index contributed by atoms with van der Waals surface area (Å²) in [4.78, 5) is 31.9. The minimum absolute atomic E-state index is 0.0596. The number of carbonyl (C=O) groups excluding carboxylic acids is 1. The average molecular weight is 506 g/mol. The van der Waals surface area contributed by atoms with E-state index in [2.05, 4.69) is 10.1 Å². The zero-order valence-electron chi connectivity index (χ0n) is 20.5. The van der Waals surface area contributed by atoms with Crippen LogP contribution in [0.15, 0.2) is 51.9 Å². The Kier molecular flexibility index (Phi) is 9.03. The van der Waals surface area contributed by atoms with Crippen molar-refractivity contribution in [3.05, 3.63) is 64.0 Å². The molecule has 1 aromatic carbocycles. The molecule has 2 aromatic rings. The lowest BCUT2D eigenvalue weighted by Crippen LogP contribution is -2.45. The summed E-state index contributed by atoms with van der Waals surface area (Å²) in [5.74, 6) is -0.0862. The summed E-state index contributed by atoms with van der Waals surface area (Å²) in [6, 6.07) is 4.23. The summed E-state index contributed by atoms with van der Waals surface area (Å²) in [5.41, 5.74) is -0.198. The molecule has 1 saturated heterocycles. The number of allylic oxidation sites excluding steroid dienone is 2. The molecule has 2 heterocycles. The van der Waals surface area contributed by atoms with Crippen LogP contribution in [0, 0.1) is 0 Å². The summed E-state index contributed by atoms with van der Waals surface area (Å²) in [5, 5.41) is 4.30. The summed E-state index contributed by atoms with van der Waals surface area (Å²) in [7, 11) is 1.60. The second-order valence-corrected chi connectivity index (χ2v) is 8.69. The molecule has 0 saturated carbocycles. The maximum Gasteiger partial charge on any atom is 0.416 e. The SMILES string of the molecule is COC1CCCN(C(=O)Cn2nc(/C=C/CC=NC=C(C)C)n(-c3ccc(C(F)(F)F)cc3)c2=O)C1. The van der Waals surface area contributed by atoms with E-state index in [0.29, 0.717) is 19.5 Å². The zero-order valence-corrected chi connectivity index (χ0v) is 20.5. The smallest absolute Gasteiger partial charge is 0.380 e. The van der Waals surface area contributed by atoms with Crippen molar-refractivity contribution < 1.29 is 22.7 Å². The zero-order chi connectivity index (χ0) is 26.3. The molecule has 1 aliphatic rings. The van der Waals surface area contributed by atoms with E-state index < -0.39 is 17.4 Å². The third kappa shape index (κ3) is 7.03. The minimum atomic E-state index is -4.50. The molecule has 1 amide bonds. The molecule has 0 aliphatic carbocycles. The van der Waals surface area contributed by atoms with Crippen LogP contribution in [0.1, 0.15) is 44.5 Å². The number of carbonyl (C=O) groups is 1. The molecule has 11 heteroatoms. The third-order valence-corrected chi connectivity index (χ3v) is 5.61. The van der Waals surface area contributed by atoms with Crippen LogP contribution >= 0.6 is 0 Å². The largest absolute Gasteiger partial charge is 0.416 e. The molecule has 0 radical (unpaired) electrons. The van der Waals surface area contributed by atoms with Gasteiger partial charge in [-0.1, -0.05) is 11.6 Å². The van der Waals surface area contributed by atoms with E-state index in [1.807, 2.05) is 13.8 Å². The first-order chi connectivity index (χ1) is 17.1. The first-order valence-corrected chi connectivity index (χ1v) is 11.6. The molecule has 3 rings (SSSR count). The number of benzene rings is 1. The van der Waals surface area contributed by atoms with Crippen LogP contribution in [-0.2, 0) is 22.3 Å². The maximum absolute atomic E-state index is 13.2. The van der Waals surface area contributed by atoms with Gasteiger partial charge in [-0.25, -0.2) is 14.0 Å². The maximum atomic E-state index is 13.2. The fourth-order valence-electron chi connectivity index (χ4n) is 3.76. The minimum Gasteiger partial charge on any atom is -0.380 e. The van der Waals surface area contributed by atoms with E-state index in [1.54, 1.807) is 36.6 Å². The molecular formula is C25H30F3N5O3. The second-order valence-electron chi connectivity index (χ2n) is 8.69. The number of ether oxygens (including phenoxy) is 1. The van der Waals surface area contributed by atoms with E-state index in [4.69, 9.17) is 4.74 Å². The highest BCUT2D eigenvalue weighted by Crippen LogP contribution is 2.29. The Hall–Kier alpha value is -3.47. The summed E-state index contributed by atoms with van der Waals surface area (Å²) < 4.78 is 46.6. The highest BCUT2D eigenvalue weighted by atomic mass is 19.4. The number of piperidine rings is 1. The van der Waals surface area contributed by atoms with Crippen LogP contribution in [0.5, 0.6) is 0 Å². The number of hydrogen-bond donors (Lipinski definition) is 0. The monoisotopic (exact) mass is 505 g/mol. The van der Waals surface area contributed by atoms with Gasteiger partial charge in [0, 0.05) is 39.0 Å². The van der Waals surface area contributed by atoms with Crippen molar-refractivity contribution in [2.24, 2.45) is 4.99 Å². The number of rotatable bonds is 8. The topological polar surface area (TPSA) is 81.7 Å². The molecule has 1 unspecified atom stereocenters. The standard InChI is InChI=1S/C25H30F3N5O3/c1-18(2)15-29-13-5-4-8-22-30-32(17-23(34)31-14-6-7-21(16-31)36-3)24(35)33(22)20-11-9-19(10-12-20)25(26,27)28/h4,8-13,15,21H,5-7,14,16-17H2,1-3H3/b8-4+,29-13?. The number of likely N-dealkylation sites (tertiary alicyclic amines) is 1. The van der Waals surface area contributed by atoms with Crippen LogP contribution in [0.3, 0.4) is 0 Å². The van der Waals surface area contributed by atoms with Gasteiger partial charge in [-0.3, -0.25) is 9.79 Å². The Bertz CT molecular complexity index is 1190. The molecule has 1 aromatic heterocycles. The molecule has 8 nitrogen and oxygen atoms in total. The molecule has 1 atom stereocenters. The first-order valence-electron chi connectivity index (χ1n) is 11.6. The van der Waals surface area contributed by atoms with Crippen molar-refractivity contribution in [2.45, 2.75) is 51.9 Å². The first kappa shape index (κ1) is 27.1. The number of hydrogen-bond acceptors (Lipinski definition) is 5. The summed E-state index contributed by atoms with van der Waals surface area (Å²) in [6.07, 6.45) is 4.23. The lowest BCUT2D eigenvalue weighted by atomic mass is 10.1. The summed E-state index contributed by atoms with van der Waals surface area (Å²) in [6.45, 7) is 4.55. The van der Waals surface area contributed by atoms with Gasteiger partial charge in [0.05, 0.1) is 17.4 Å². The molecule has 194 valence electrons. The molecule has 0 spiro atoms. The van der Waals surface area contributed by atoms with Crippen molar-refractivity contribution in [1.82, 2.24) is 19.2 Å². The molecular weight excluding hydrogens is 475 g/mol. The number of halogens is 3. The predicted molar refractivity (Wildman–Crippen MR) is 131 cm³/mol. The van der Waals surface area contributed by atoms with Gasteiger partial charge in [-0.2, -0.15) is 13.2 Å². The fourth-order valence-corrected chi connectivity index (χ4v) is 3.76. The van der Waals surface area contributed by atoms with Crippen molar-refractivity contribution >= 4 is 18.2 Å². The Labute approximate surface area is 207 Å². The number of amides is 1. The highest BCUT2D eigenvalue weighted by Gasteiger charge is 2.30. The van der Waals surface area contributed by atoms with Crippen LogP contribution < -0.4 is 5.69 Å². The molecule has 0 bridgehead atoms. The van der Waals surface area contributed by atoms with Crippen LogP contribution in [-0.4, -0.2) is 57.7 Å². The van der Waals surface area contributed by atoms with Crippen molar-refractivity contribution in [3.63, 3.8) is 0 Å². The lowest BCUT2D eigenvalue weighted by Gasteiger charge is -2.31. The average Bonchev–Trinajstić information content (AvgIpc) is 3.15. The van der Waals surface area contributed by atoms with E-state index in [9.17, 15) is 22.8 Å². The number of alkyl halides is 3. The van der Waals surface area contributed by atoms with Gasteiger partial charge in [0.1, 0.15) is 6.54 Å². The molecule has 1 aliphatic heterocycles. The fraction of sp³-hybridized carbons (Fsp3) is 0.440. The van der Waals surface area contributed by atoms with Gasteiger partial charge in [-0.15, -0.1) is 5.10 Å². The molecule has 1 fully saturated rings. The van der Waals surface area contributed by atoms with Crippen LogP contribution in [0.4, 0.5) is 13.2 Å². The Balaban J connectivity index is 1.90. The third-order valence-electron chi connectivity index (χ3n) is 5.61. The number of aliphatic imine (C=N–C) groups is 1. The number of aromatic nitrogens is 3. The van der Waals surface area contributed by atoms with Gasteiger partial charge < -0.3 is 9.64 Å². The predicted octanol–water partition coefficient (Wildman–Crippen LogP) is 4.09. The highest BCUT2D eigenvalue weighted by molar-refractivity contribution is 5.76. The second kappa shape index (κ2) is 12.0. The molecule has 36 heavy (non-hydrogen) atoms. The molecule has 0 N–H and O–H groups in total. The van der Waals surface area contributed by atoms with Gasteiger partial charge in [-0.05, 0) is 57.0 Å². The Morgan fingerprint density at radius 3 is 2.61 bits per heavy atom. The van der Waals surface area contributed by atoms with Gasteiger partial charge in [0.15, 0.2) is 5.82 Å². The van der Waals surface area contributed by atoms with Gasteiger partial charge >= 0.3 is 11.9 Å². The van der Waals surface area contributed by atoms with Crippen LogP contribution in [0.25, 0.3) is 11.8 Å². The van der Waals surface area contributed by atoms with E-state index in [1.165, 1.54) is 16.7 Å². The van der Waals surface area contributed by atoms with Gasteiger partial charge in [0.2, 0.25) is 5.91 Å². The Morgan fingerprint density at radius 1 is 1.25 bits per heavy atom. The lowest BCUT2D eigenvalue weighted by molar-refractivity contribution is -0.137. The normalized spacial score (nSPS) is 16.7. The van der Waals surface area contributed by atoms with Crippen molar-refractivity contribution in [2.75, 3.05) is 20.2 Å². The summed E-state index contributed by atoms with van der Waals surface area (Å²) >= 11 is 0.